The Morgan fingerprint density at radius 2 is 2.08 bits per heavy atom. The van der Waals surface area contributed by atoms with Crippen LogP contribution in [0.2, 0.25) is 0 Å². The second-order valence-corrected chi connectivity index (χ2v) is 3.86. The first-order chi connectivity index (χ1) is 6.36. The molecule has 2 rings (SSSR count). The molecule has 0 unspecified atom stereocenters. The van der Waals surface area contributed by atoms with E-state index < -0.39 is 0 Å². The van der Waals surface area contributed by atoms with Gasteiger partial charge in [-0.1, -0.05) is 6.42 Å². The number of rotatable bonds is 3. The normalized spacial score (nSPS) is 17.4. The van der Waals surface area contributed by atoms with Gasteiger partial charge in [0.05, 0.1) is 0 Å². The summed E-state index contributed by atoms with van der Waals surface area (Å²) in [5.74, 6) is 0. The van der Waals surface area contributed by atoms with Gasteiger partial charge in [0.25, 0.3) is 0 Å². The Labute approximate surface area is 79.6 Å². The topological polar surface area (TPSA) is 16.1 Å². The predicted molar refractivity (Wildman–Crippen MR) is 53.3 cm³/mol. The summed E-state index contributed by atoms with van der Waals surface area (Å²) in [6.07, 6.45) is 7.89. The van der Waals surface area contributed by atoms with Gasteiger partial charge in [0.2, 0.25) is 0 Å². The Bertz CT molecular complexity index is 254. The van der Waals surface area contributed by atoms with Crippen molar-refractivity contribution < 1.29 is 0 Å². The molecule has 0 spiro atoms. The van der Waals surface area contributed by atoms with Gasteiger partial charge >= 0.3 is 0 Å². The molecule has 0 aromatic carbocycles. The molecule has 0 amide bonds. The third-order valence-corrected chi connectivity index (χ3v) is 2.88. The third-order valence-electron chi connectivity index (χ3n) is 2.88. The van der Waals surface area contributed by atoms with Crippen molar-refractivity contribution in [2.45, 2.75) is 31.8 Å². The van der Waals surface area contributed by atoms with Crippen LogP contribution in [0.15, 0.2) is 24.5 Å². The summed E-state index contributed by atoms with van der Waals surface area (Å²) < 4.78 is 0. The van der Waals surface area contributed by atoms with Gasteiger partial charge < -0.3 is 0 Å². The SMILES string of the molecule is CN(Cc1ccncc1)C1CCC1. The van der Waals surface area contributed by atoms with Crippen molar-refractivity contribution in [1.82, 2.24) is 9.88 Å². The van der Waals surface area contributed by atoms with Crippen LogP contribution in [0.5, 0.6) is 0 Å². The largest absolute Gasteiger partial charge is 0.299 e. The van der Waals surface area contributed by atoms with E-state index in [0.29, 0.717) is 0 Å². The maximum atomic E-state index is 4.01. The van der Waals surface area contributed by atoms with Gasteiger partial charge in [-0.2, -0.15) is 0 Å². The van der Waals surface area contributed by atoms with E-state index in [0.717, 1.165) is 12.6 Å². The zero-order valence-corrected chi connectivity index (χ0v) is 8.11. The minimum absolute atomic E-state index is 0.827. The molecule has 1 fully saturated rings. The molecule has 1 aliphatic rings. The molecule has 1 heterocycles. The van der Waals surface area contributed by atoms with E-state index in [1.54, 1.807) is 0 Å². The van der Waals surface area contributed by atoms with E-state index in [4.69, 9.17) is 0 Å². The minimum Gasteiger partial charge on any atom is -0.299 e. The lowest BCUT2D eigenvalue weighted by Gasteiger charge is -2.34. The van der Waals surface area contributed by atoms with Gasteiger partial charge in [0, 0.05) is 25.0 Å². The number of hydrogen-bond acceptors (Lipinski definition) is 2. The van der Waals surface area contributed by atoms with E-state index in [9.17, 15) is 0 Å². The average Bonchev–Trinajstić information content (AvgIpc) is 2.02. The molecule has 0 saturated heterocycles. The second kappa shape index (κ2) is 3.88. The van der Waals surface area contributed by atoms with Gasteiger partial charge in [-0.05, 0) is 37.6 Å². The first kappa shape index (κ1) is 8.70. The Morgan fingerprint density at radius 3 is 2.62 bits per heavy atom. The first-order valence-electron chi connectivity index (χ1n) is 4.95. The molecule has 0 radical (unpaired) electrons. The smallest absolute Gasteiger partial charge is 0.0271 e. The van der Waals surface area contributed by atoms with Crippen molar-refractivity contribution in [1.29, 1.82) is 0 Å². The van der Waals surface area contributed by atoms with E-state index in [1.165, 1.54) is 24.8 Å². The lowest BCUT2D eigenvalue weighted by atomic mass is 9.91. The van der Waals surface area contributed by atoms with Gasteiger partial charge in [-0.3, -0.25) is 9.88 Å². The summed E-state index contributed by atoms with van der Waals surface area (Å²) in [6.45, 7) is 1.06. The molecule has 0 aliphatic heterocycles. The Hall–Kier alpha value is -0.890. The van der Waals surface area contributed by atoms with E-state index >= 15 is 0 Å². The van der Waals surface area contributed by atoms with Gasteiger partial charge in [0.1, 0.15) is 0 Å². The zero-order chi connectivity index (χ0) is 9.10. The summed E-state index contributed by atoms with van der Waals surface area (Å²) in [6, 6.07) is 5.01. The predicted octanol–water partition coefficient (Wildman–Crippen LogP) is 2.07. The molecule has 1 aromatic heterocycles. The number of aromatic nitrogens is 1. The fraction of sp³-hybridized carbons (Fsp3) is 0.545. The van der Waals surface area contributed by atoms with Crippen LogP contribution in [0.25, 0.3) is 0 Å². The summed E-state index contributed by atoms with van der Waals surface area (Å²) >= 11 is 0. The maximum absolute atomic E-state index is 4.01. The fourth-order valence-corrected chi connectivity index (χ4v) is 1.73. The molecule has 0 bridgehead atoms. The average molecular weight is 176 g/mol. The van der Waals surface area contributed by atoms with Crippen LogP contribution < -0.4 is 0 Å². The van der Waals surface area contributed by atoms with Crippen LogP contribution in [0, 0.1) is 0 Å². The highest BCUT2D eigenvalue weighted by molar-refractivity contribution is 5.09. The number of hydrogen-bond donors (Lipinski definition) is 0. The van der Waals surface area contributed by atoms with Gasteiger partial charge in [-0.25, -0.2) is 0 Å². The summed E-state index contributed by atoms with van der Waals surface area (Å²) in [4.78, 5) is 6.46. The first-order valence-corrected chi connectivity index (χ1v) is 4.95. The highest BCUT2D eigenvalue weighted by Crippen LogP contribution is 2.24. The molecular formula is C11H16N2. The molecule has 13 heavy (non-hydrogen) atoms. The monoisotopic (exact) mass is 176 g/mol. The van der Waals surface area contributed by atoms with Crippen molar-refractivity contribution in [2.24, 2.45) is 0 Å². The molecule has 2 nitrogen and oxygen atoms in total. The highest BCUT2D eigenvalue weighted by atomic mass is 15.1. The number of nitrogens with zero attached hydrogens (tertiary/aromatic N) is 2. The molecule has 1 aliphatic carbocycles. The van der Waals surface area contributed by atoms with Crippen LogP contribution in [0.4, 0.5) is 0 Å². The zero-order valence-electron chi connectivity index (χ0n) is 8.11. The lowest BCUT2D eigenvalue weighted by molar-refractivity contribution is 0.152. The van der Waals surface area contributed by atoms with Gasteiger partial charge in [-0.15, -0.1) is 0 Å². The van der Waals surface area contributed by atoms with Crippen LogP contribution in [0.1, 0.15) is 24.8 Å². The van der Waals surface area contributed by atoms with Crippen molar-refractivity contribution in [3.05, 3.63) is 30.1 Å². The van der Waals surface area contributed by atoms with E-state index in [2.05, 4.69) is 29.1 Å². The highest BCUT2D eigenvalue weighted by Gasteiger charge is 2.21. The van der Waals surface area contributed by atoms with Crippen LogP contribution in [-0.2, 0) is 6.54 Å². The fourth-order valence-electron chi connectivity index (χ4n) is 1.73. The van der Waals surface area contributed by atoms with Gasteiger partial charge in [0.15, 0.2) is 0 Å². The van der Waals surface area contributed by atoms with Crippen LogP contribution in [-0.4, -0.2) is 23.0 Å². The van der Waals surface area contributed by atoms with Crippen molar-refractivity contribution >= 4 is 0 Å². The Balaban J connectivity index is 1.90. The standard InChI is InChI=1S/C11H16N2/c1-13(11-3-2-4-11)9-10-5-7-12-8-6-10/h5-8,11H,2-4,9H2,1H3. The van der Waals surface area contributed by atoms with E-state index in [-0.39, 0.29) is 0 Å². The van der Waals surface area contributed by atoms with Crippen LogP contribution in [0.3, 0.4) is 0 Å². The Morgan fingerprint density at radius 1 is 1.38 bits per heavy atom. The third kappa shape index (κ3) is 2.07. The minimum atomic E-state index is 0.827. The number of pyridine rings is 1. The quantitative estimate of drug-likeness (QED) is 0.701. The molecule has 1 saturated carbocycles. The van der Waals surface area contributed by atoms with Crippen molar-refractivity contribution in [3.8, 4) is 0 Å². The maximum Gasteiger partial charge on any atom is 0.0271 e. The van der Waals surface area contributed by atoms with E-state index in [1.807, 2.05) is 12.4 Å². The Kier molecular flexibility index (Phi) is 2.60. The summed E-state index contributed by atoms with van der Waals surface area (Å²) in [7, 11) is 2.21. The summed E-state index contributed by atoms with van der Waals surface area (Å²) in [5, 5.41) is 0. The molecule has 2 heteroatoms. The molecule has 0 N–H and O–H groups in total. The van der Waals surface area contributed by atoms with Crippen LogP contribution >= 0.6 is 0 Å². The molecule has 0 atom stereocenters. The summed E-state index contributed by atoms with van der Waals surface area (Å²) in [5.41, 5.74) is 1.37. The molecule has 1 aromatic rings. The van der Waals surface area contributed by atoms with Crippen molar-refractivity contribution in [3.63, 3.8) is 0 Å². The van der Waals surface area contributed by atoms with Crippen molar-refractivity contribution in [2.75, 3.05) is 7.05 Å². The second-order valence-electron chi connectivity index (χ2n) is 3.86. The lowest BCUT2D eigenvalue weighted by Crippen LogP contribution is -2.36. The molecule has 70 valence electrons. The molecular weight excluding hydrogens is 160 g/mol.